The highest BCUT2D eigenvalue weighted by Crippen LogP contribution is 2.26. The number of nitrogens with zero attached hydrogens (tertiary/aromatic N) is 8. The van der Waals surface area contributed by atoms with Gasteiger partial charge in [0.15, 0.2) is 0 Å². The summed E-state index contributed by atoms with van der Waals surface area (Å²) in [6, 6.07) is 12.3. The van der Waals surface area contributed by atoms with Crippen molar-refractivity contribution in [1.29, 1.82) is 0 Å². The third-order valence-electron chi connectivity index (χ3n) is 5.17. The van der Waals surface area contributed by atoms with E-state index in [2.05, 4.69) is 54.4 Å². The van der Waals surface area contributed by atoms with Crippen molar-refractivity contribution in [3.05, 3.63) is 48.5 Å². The van der Waals surface area contributed by atoms with Crippen LogP contribution in [-0.2, 0) is 6.42 Å². The first-order valence-electron chi connectivity index (χ1n) is 9.90. The van der Waals surface area contributed by atoms with E-state index in [0.29, 0.717) is 5.78 Å². The van der Waals surface area contributed by atoms with Crippen molar-refractivity contribution >= 4 is 28.3 Å². The number of fused-ring (bicyclic) bond motifs is 1. The van der Waals surface area contributed by atoms with Gasteiger partial charge in [0.05, 0.1) is 5.69 Å². The first-order valence-corrected chi connectivity index (χ1v) is 10.7. The molecule has 1 aromatic carbocycles. The number of hydrogen-bond acceptors (Lipinski definition) is 8. The van der Waals surface area contributed by atoms with Gasteiger partial charge < -0.3 is 9.80 Å². The molecule has 0 aliphatic carbocycles. The average molecular weight is 407 g/mol. The van der Waals surface area contributed by atoms with Crippen LogP contribution in [0.1, 0.15) is 19.2 Å². The van der Waals surface area contributed by atoms with Crippen molar-refractivity contribution in [3.63, 3.8) is 0 Å². The summed E-state index contributed by atoms with van der Waals surface area (Å²) in [6.07, 6.45) is 3.48. The lowest BCUT2D eigenvalue weighted by Gasteiger charge is -2.24. The van der Waals surface area contributed by atoms with Gasteiger partial charge in [-0.25, -0.2) is 9.97 Å². The van der Waals surface area contributed by atoms with Gasteiger partial charge in [-0.15, -0.1) is 0 Å². The lowest BCUT2D eigenvalue weighted by molar-refractivity contribution is 0.770. The van der Waals surface area contributed by atoms with Crippen molar-refractivity contribution in [2.24, 2.45) is 0 Å². The van der Waals surface area contributed by atoms with Crippen LogP contribution in [0.15, 0.2) is 42.7 Å². The lowest BCUT2D eigenvalue weighted by Crippen LogP contribution is -2.32. The van der Waals surface area contributed by atoms with Crippen LogP contribution in [0.25, 0.3) is 17.0 Å². The predicted octanol–water partition coefficient (Wildman–Crippen LogP) is 2.92. The zero-order valence-corrected chi connectivity index (χ0v) is 17.1. The van der Waals surface area contributed by atoms with Gasteiger partial charge >= 0.3 is 0 Å². The van der Waals surface area contributed by atoms with Crippen LogP contribution in [0.5, 0.6) is 0 Å². The Hall–Kier alpha value is -3.07. The van der Waals surface area contributed by atoms with E-state index in [9.17, 15) is 0 Å². The number of aromatic nitrogens is 6. The Morgan fingerprint density at radius 2 is 1.83 bits per heavy atom. The fourth-order valence-corrected chi connectivity index (χ4v) is 4.43. The summed E-state index contributed by atoms with van der Waals surface area (Å²) in [7, 11) is 0. The van der Waals surface area contributed by atoms with Gasteiger partial charge in [0.25, 0.3) is 5.78 Å². The second kappa shape index (κ2) is 7.75. The van der Waals surface area contributed by atoms with Gasteiger partial charge in [-0.1, -0.05) is 37.3 Å². The highest BCUT2D eigenvalue weighted by Gasteiger charge is 2.21. The topological polar surface area (TPSA) is 75.3 Å². The molecule has 5 rings (SSSR count). The summed E-state index contributed by atoms with van der Waals surface area (Å²) in [5.74, 6) is 2.58. The van der Waals surface area contributed by atoms with Crippen molar-refractivity contribution in [3.8, 4) is 11.3 Å². The molecular formula is C20H22N8S. The minimum Gasteiger partial charge on any atom is -0.355 e. The van der Waals surface area contributed by atoms with Crippen LogP contribution >= 0.6 is 11.5 Å². The number of aryl methyl sites for hydroxylation is 1. The molecule has 0 unspecified atom stereocenters. The number of hydrogen-bond donors (Lipinski definition) is 0. The Morgan fingerprint density at radius 1 is 1.00 bits per heavy atom. The quantitative estimate of drug-likeness (QED) is 0.516. The van der Waals surface area contributed by atoms with Crippen LogP contribution < -0.4 is 9.80 Å². The Bertz CT molecular complexity index is 1110. The van der Waals surface area contributed by atoms with E-state index in [0.717, 1.165) is 67.1 Å². The predicted molar refractivity (Wildman–Crippen MR) is 115 cm³/mol. The van der Waals surface area contributed by atoms with Gasteiger partial charge in [0.1, 0.15) is 18.0 Å². The van der Waals surface area contributed by atoms with Crippen molar-refractivity contribution in [2.45, 2.75) is 19.8 Å². The van der Waals surface area contributed by atoms with Gasteiger partial charge in [-0.3, -0.25) is 0 Å². The van der Waals surface area contributed by atoms with Gasteiger partial charge in [-0.05, 0) is 6.42 Å². The molecule has 4 heterocycles. The van der Waals surface area contributed by atoms with Crippen LogP contribution in [-0.4, -0.2) is 55.1 Å². The first kappa shape index (κ1) is 18.0. The van der Waals surface area contributed by atoms with Crippen LogP contribution in [0, 0.1) is 0 Å². The van der Waals surface area contributed by atoms with E-state index in [1.165, 1.54) is 11.5 Å². The fourth-order valence-electron chi connectivity index (χ4n) is 3.63. The highest BCUT2D eigenvalue weighted by molar-refractivity contribution is 7.09. The van der Waals surface area contributed by atoms with Gasteiger partial charge in [-0.2, -0.15) is 19.0 Å². The third-order valence-corrected chi connectivity index (χ3v) is 5.98. The Kier molecular flexibility index (Phi) is 4.81. The van der Waals surface area contributed by atoms with Crippen molar-refractivity contribution in [1.82, 2.24) is 28.9 Å². The van der Waals surface area contributed by atoms with Crippen molar-refractivity contribution < 1.29 is 0 Å². The molecule has 29 heavy (non-hydrogen) atoms. The standard InChI is InChI=1S/C20H22N8S/c1-2-17-24-20(29-25-17)27-10-6-9-26(11-12-27)18-13-16(15-7-4-3-5-8-15)23-19-21-14-22-28(18)19/h3-5,7-8,13-14H,2,6,9-12H2,1H3. The number of rotatable bonds is 4. The maximum absolute atomic E-state index is 4.69. The summed E-state index contributed by atoms with van der Waals surface area (Å²) >= 11 is 1.50. The average Bonchev–Trinajstić information content (AvgIpc) is 3.38. The molecular weight excluding hydrogens is 384 g/mol. The fraction of sp³-hybridized carbons (Fsp3) is 0.350. The molecule has 9 heteroatoms. The first-order chi connectivity index (χ1) is 14.3. The van der Waals surface area contributed by atoms with E-state index >= 15 is 0 Å². The van der Waals surface area contributed by atoms with Gasteiger partial charge in [0, 0.05) is 55.8 Å². The molecule has 0 bridgehead atoms. The van der Waals surface area contributed by atoms with E-state index in [4.69, 9.17) is 4.98 Å². The summed E-state index contributed by atoms with van der Waals surface area (Å²) < 4.78 is 6.28. The minimum absolute atomic E-state index is 0.624. The van der Waals surface area contributed by atoms with Crippen LogP contribution in [0.2, 0.25) is 0 Å². The Labute approximate surface area is 173 Å². The largest absolute Gasteiger partial charge is 0.355 e. The van der Waals surface area contributed by atoms with Gasteiger partial charge in [0.2, 0.25) is 5.13 Å². The third kappa shape index (κ3) is 3.53. The Morgan fingerprint density at radius 3 is 2.66 bits per heavy atom. The van der Waals surface area contributed by atoms with E-state index < -0.39 is 0 Å². The summed E-state index contributed by atoms with van der Waals surface area (Å²) in [6.45, 7) is 5.80. The number of anilines is 2. The second-order valence-electron chi connectivity index (χ2n) is 7.01. The van der Waals surface area contributed by atoms with Crippen LogP contribution in [0.3, 0.4) is 0 Å². The molecule has 0 radical (unpaired) electrons. The van der Waals surface area contributed by atoms with E-state index in [-0.39, 0.29) is 0 Å². The molecule has 1 fully saturated rings. The molecule has 1 aliphatic rings. The summed E-state index contributed by atoms with van der Waals surface area (Å²) in [5.41, 5.74) is 2.00. The molecule has 3 aromatic heterocycles. The van der Waals surface area contributed by atoms with E-state index in [1.54, 1.807) is 6.33 Å². The minimum atomic E-state index is 0.624. The maximum Gasteiger partial charge on any atom is 0.254 e. The lowest BCUT2D eigenvalue weighted by atomic mass is 10.1. The molecule has 0 saturated carbocycles. The van der Waals surface area contributed by atoms with Crippen LogP contribution in [0.4, 0.5) is 10.9 Å². The molecule has 4 aromatic rings. The zero-order chi connectivity index (χ0) is 19.6. The molecule has 148 valence electrons. The molecule has 0 N–H and O–H groups in total. The molecule has 1 saturated heterocycles. The molecule has 0 spiro atoms. The zero-order valence-electron chi connectivity index (χ0n) is 16.3. The molecule has 8 nitrogen and oxygen atoms in total. The summed E-state index contributed by atoms with van der Waals surface area (Å²) in [5, 5.41) is 5.44. The maximum atomic E-state index is 4.69. The Balaban J connectivity index is 1.45. The molecule has 0 atom stereocenters. The number of benzene rings is 1. The summed E-state index contributed by atoms with van der Waals surface area (Å²) in [4.78, 5) is 18.4. The normalized spacial score (nSPS) is 15.1. The molecule has 1 aliphatic heterocycles. The van der Waals surface area contributed by atoms with E-state index in [1.807, 2.05) is 22.7 Å². The second-order valence-corrected chi connectivity index (χ2v) is 7.74. The highest BCUT2D eigenvalue weighted by atomic mass is 32.1. The smallest absolute Gasteiger partial charge is 0.254 e. The van der Waals surface area contributed by atoms with Crippen molar-refractivity contribution in [2.75, 3.05) is 36.0 Å². The monoisotopic (exact) mass is 406 g/mol. The molecule has 0 amide bonds. The SMILES string of the molecule is CCc1nsc(N2CCCN(c3cc(-c4ccccc4)nc4ncnn34)CC2)n1.